The smallest absolute Gasteiger partial charge is 0.220 e. The Bertz CT molecular complexity index is 481. The van der Waals surface area contributed by atoms with Crippen LogP contribution in [0, 0.1) is 5.92 Å². The highest BCUT2D eigenvalue weighted by Gasteiger charge is 2.27. The van der Waals surface area contributed by atoms with Crippen LogP contribution >= 0.6 is 0 Å². The van der Waals surface area contributed by atoms with Crippen molar-refractivity contribution in [1.82, 2.24) is 5.32 Å². The van der Waals surface area contributed by atoms with Crippen LogP contribution in [0.1, 0.15) is 69.4 Å². The summed E-state index contributed by atoms with van der Waals surface area (Å²) in [6.45, 7) is 7.19. The molecule has 3 heteroatoms. The minimum atomic E-state index is 0.158. The van der Waals surface area contributed by atoms with E-state index in [2.05, 4.69) is 50.4 Å². The van der Waals surface area contributed by atoms with Crippen molar-refractivity contribution in [3.8, 4) is 0 Å². The van der Waals surface area contributed by atoms with E-state index in [4.69, 9.17) is 5.73 Å². The number of nitrogens with one attached hydrogen (secondary N) is 1. The molecular weight excluding hydrogens is 272 g/mol. The first kappa shape index (κ1) is 17.0. The van der Waals surface area contributed by atoms with E-state index in [9.17, 15) is 4.79 Å². The molecule has 1 saturated carbocycles. The van der Waals surface area contributed by atoms with Gasteiger partial charge in [-0.25, -0.2) is 0 Å². The zero-order chi connectivity index (χ0) is 16.1. The summed E-state index contributed by atoms with van der Waals surface area (Å²) in [6.07, 6.45) is 3.95. The monoisotopic (exact) mass is 302 g/mol. The molecule has 22 heavy (non-hydrogen) atoms. The Morgan fingerprint density at radius 3 is 2.41 bits per heavy atom. The number of carbonyl (C=O) groups is 1. The third-order valence-electron chi connectivity index (χ3n) is 4.97. The third kappa shape index (κ3) is 4.33. The number of benzene rings is 1. The lowest BCUT2D eigenvalue weighted by molar-refractivity contribution is -0.122. The van der Waals surface area contributed by atoms with E-state index in [1.807, 2.05) is 0 Å². The molecule has 1 amide bonds. The second kappa shape index (κ2) is 7.77. The zero-order valence-electron chi connectivity index (χ0n) is 14.1. The number of carbonyl (C=O) groups excluding carboxylic acids is 1. The van der Waals surface area contributed by atoms with Gasteiger partial charge in [-0.05, 0) is 48.3 Å². The summed E-state index contributed by atoms with van der Waals surface area (Å²) in [4.78, 5) is 12.3. The quantitative estimate of drug-likeness (QED) is 0.844. The Morgan fingerprint density at radius 1 is 1.18 bits per heavy atom. The van der Waals surface area contributed by atoms with Crippen LogP contribution in [0.3, 0.4) is 0 Å². The molecule has 0 aromatic heterocycles. The van der Waals surface area contributed by atoms with Gasteiger partial charge in [0, 0.05) is 12.5 Å². The summed E-state index contributed by atoms with van der Waals surface area (Å²) in [5.74, 6) is 1.41. The van der Waals surface area contributed by atoms with E-state index in [0.29, 0.717) is 24.8 Å². The topological polar surface area (TPSA) is 55.1 Å². The van der Waals surface area contributed by atoms with Crippen molar-refractivity contribution < 1.29 is 4.79 Å². The molecule has 3 N–H and O–H groups in total. The average Bonchev–Trinajstić information content (AvgIpc) is 2.94. The van der Waals surface area contributed by atoms with Crippen molar-refractivity contribution in [2.45, 2.75) is 64.3 Å². The van der Waals surface area contributed by atoms with Gasteiger partial charge in [0.25, 0.3) is 0 Å². The number of hydrogen-bond donors (Lipinski definition) is 2. The van der Waals surface area contributed by atoms with Crippen molar-refractivity contribution in [2.24, 2.45) is 11.7 Å². The molecule has 0 bridgehead atoms. The molecule has 122 valence electrons. The number of nitrogens with two attached hydrogens (primary N) is 1. The molecule has 3 atom stereocenters. The molecule has 1 aliphatic carbocycles. The summed E-state index contributed by atoms with van der Waals surface area (Å²) in [6, 6.07) is 8.95. The van der Waals surface area contributed by atoms with Crippen LogP contribution in [0.2, 0.25) is 0 Å². The van der Waals surface area contributed by atoms with E-state index >= 15 is 0 Å². The maximum absolute atomic E-state index is 12.3. The van der Waals surface area contributed by atoms with Crippen molar-refractivity contribution in [2.75, 3.05) is 6.54 Å². The summed E-state index contributed by atoms with van der Waals surface area (Å²) >= 11 is 0. The maximum atomic E-state index is 12.3. The van der Waals surface area contributed by atoms with E-state index in [1.165, 1.54) is 17.5 Å². The van der Waals surface area contributed by atoms with E-state index in [1.54, 1.807) is 0 Å². The second-order valence-corrected chi connectivity index (χ2v) is 7.03. The van der Waals surface area contributed by atoms with Crippen molar-refractivity contribution in [3.63, 3.8) is 0 Å². The molecule has 0 spiro atoms. The van der Waals surface area contributed by atoms with Crippen LogP contribution in [-0.2, 0) is 4.79 Å². The molecule has 0 radical (unpaired) electrons. The first-order chi connectivity index (χ1) is 10.5. The van der Waals surface area contributed by atoms with Gasteiger partial charge in [-0.15, -0.1) is 0 Å². The maximum Gasteiger partial charge on any atom is 0.220 e. The fourth-order valence-corrected chi connectivity index (χ4v) is 3.38. The van der Waals surface area contributed by atoms with Gasteiger partial charge in [-0.3, -0.25) is 4.79 Å². The first-order valence-electron chi connectivity index (χ1n) is 8.60. The summed E-state index contributed by atoms with van der Waals surface area (Å²) in [7, 11) is 0. The van der Waals surface area contributed by atoms with Crippen molar-refractivity contribution in [1.29, 1.82) is 0 Å². The molecule has 0 aliphatic heterocycles. The molecule has 1 aromatic carbocycles. The van der Waals surface area contributed by atoms with Gasteiger partial charge in [0.15, 0.2) is 0 Å². The minimum absolute atomic E-state index is 0.158. The molecule has 3 unspecified atom stereocenters. The van der Waals surface area contributed by atoms with Crippen LogP contribution < -0.4 is 11.1 Å². The van der Waals surface area contributed by atoms with Crippen LogP contribution in [0.5, 0.6) is 0 Å². The Labute approximate surface area is 134 Å². The fraction of sp³-hybridized carbons (Fsp3) is 0.632. The van der Waals surface area contributed by atoms with Gasteiger partial charge < -0.3 is 11.1 Å². The van der Waals surface area contributed by atoms with Gasteiger partial charge >= 0.3 is 0 Å². The SMILES string of the molecule is CC(C)c1ccc(C(C)CC(=O)NC2CCCC2CN)cc1. The Balaban J connectivity index is 1.88. The summed E-state index contributed by atoms with van der Waals surface area (Å²) < 4.78 is 0. The highest BCUT2D eigenvalue weighted by molar-refractivity contribution is 5.77. The highest BCUT2D eigenvalue weighted by Crippen LogP contribution is 2.26. The Morgan fingerprint density at radius 2 is 1.82 bits per heavy atom. The average molecular weight is 302 g/mol. The highest BCUT2D eigenvalue weighted by atomic mass is 16.1. The van der Waals surface area contributed by atoms with Crippen LogP contribution in [0.25, 0.3) is 0 Å². The molecule has 1 fully saturated rings. The first-order valence-corrected chi connectivity index (χ1v) is 8.60. The third-order valence-corrected chi connectivity index (χ3v) is 4.97. The van der Waals surface area contributed by atoms with E-state index in [-0.39, 0.29) is 17.9 Å². The normalized spacial score (nSPS) is 22.8. The van der Waals surface area contributed by atoms with E-state index < -0.39 is 0 Å². The van der Waals surface area contributed by atoms with Gasteiger partial charge in [0.05, 0.1) is 0 Å². The number of amides is 1. The summed E-state index contributed by atoms with van der Waals surface area (Å²) in [5.41, 5.74) is 8.36. The molecular formula is C19H30N2O. The lowest BCUT2D eigenvalue weighted by atomic mass is 9.94. The minimum Gasteiger partial charge on any atom is -0.353 e. The Hall–Kier alpha value is -1.35. The molecule has 1 aliphatic rings. The molecule has 0 saturated heterocycles. The molecule has 0 heterocycles. The van der Waals surface area contributed by atoms with Crippen LogP contribution in [0.15, 0.2) is 24.3 Å². The van der Waals surface area contributed by atoms with Gasteiger partial charge in [0.1, 0.15) is 0 Å². The largest absolute Gasteiger partial charge is 0.353 e. The van der Waals surface area contributed by atoms with Gasteiger partial charge in [-0.1, -0.05) is 51.5 Å². The molecule has 3 nitrogen and oxygen atoms in total. The van der Waals surface area contributed by atoms with Crippen LogP contribution in [0.4, 0.5) is 0 Å². The predicted molar refractivity (Wildman–Crippen MR) is 91.9 cm³/mol. The number of rotatable bonds is 6. The van der Waals surface area contributed by atoms with E-state index in [0.717, 1.165) is 12.8 Å². The van der Waals surface area contributed by atoms with Gasteiger partial charge in [0.2, 0.25) is 5.91 Å². The van der Waals surface area contributed by atoms with Crippen molar-refractivity contribution >= 4 is 5.91 Å². The fourth-order valence-electron chi connectivity index (χ4n) is 3.38. The van der Waals surface area contributed by atoms with Crippen molar-refractivity contribution in [3.05, 3.63) is 35.4 Å². The van der Waals surface area contributed by atoms with Crippen LogP contribution in [-0.4, -0.2) is 18.5 Å². The lowest BCUT2D eigenvalue weighted by Gasteiger charge is -2.21. The standard InChI is InChI=1S/C19H30N2O/c1-13(2)15-7-9-16(10-8-15)14(3)11-19(22)21-18-6-4-5-17(18)12-20/h7-10,13-14,17-18H,4-6,11-12,20H2,1-3H3,(H,21,22). The second-order valence-electron chi connectivity index (χ2n) is 7.03. The Kier molecular flexibility index (Phi) is 6.01. The number of hydrogen-bond acceptors (Lipinski definition) is 2. The molecule has 2 rings (SSSR count). The predicted octanol–water partition coefficient (Wildman–Crippen LogP) is 3.55. The molecule has 1 aromatic rings. The zero-order valence-corrected chi connectivity index (χ0v) is 14.1. The summed E-state index contributed by atoms with van der Waals surface area (Å²) in [5, 5.41) is 3.19. The van der Waals surface area contributed by atoms with Gasteiger partial charge in [-0.2, -0.15) is 0 Å². The lowest BCUT2D eigenvalue weighted by Crippen LogP contribution is -2.40.